The van der Waals surface area contributed by atoms with Crippen LogP contribution >= 0.6 is 0 Å². The molecule has 6 atom stereocenters. The number of likely N-dealkylation sites (tertiary alicyclic amines) is 1. The summed E-state index contributed by atoms with van der Waals surface area (Å²) in [6.07, 6.45) is -0.185. The average molecular weight is 1180 g/mol. The van der Waals surface area contributed by atoms with Gasteiger partial charge in [-0.2, -0.15) is 0 Å². The minimum Gasteiger partial charge on any atom is -0.458 e. The first-order valence-electron chi connectivity index (χ1n) is 28.1. The van der Waals surface area contributed by atoms with E-state index in [9.17, 15) is 57.8 Å². The number of hydrogen-bond donors (Lipinski definition) is 9. The maximum Gasteiger partial charge on any atom is 0.407 e. The molecule has 4 aromatic rings. The highest BCUT2D eigenvalue weighted by Crippen LogP contribution is 2.46. The second-order valence-corrected chi connectivity index (χ2v) is 22.0. The number of carbonyl (C=O) groups is 10. The summed E-state index contributed by atoms with van der Waals surface area (Å²) >= 11 is 0. The number of esters is 1. The number of cyclic esters (lactones) is 1. The first-order chi connectivity index (χ1) is 40.4. The highest BCUT2D eigenvalue weighted by atomic mass is 19.1. The monoisotopic (exact) mass is 1180 g/mol. The number of pyridine rings is 2. The van der Waals surface area contributed by atoms with Gasteiger partial charge in [0.05, 0.1) is 41.7 Å². The summed E-state index contributed by atoms with van der Waals surface area (Å²) in [7, 11) is 1.42. The molecule has 1 fully saturated rings. The molecule has 2 aromatic carbocycles. The number of imide groups is 1. The highest BCUT2D eigenvalue weighted by Gasteiger charge is 2.46. The third kappa shape index (κ3) is 13.6. The van der Waals surface area contributed by atoms with Crippen LogP contribution in [0, 0.1) is 24.6 Å². The number of aromatic nitrogens is 2. The molecular formula is C58H70FN11O15. The van der Waals surface area contributed by atoms with Crippen molar-refractivity contribution >= 4 is 76.0 Å². The molecule has 2 unspecified atom stereocenters. The Bertz CT molecular complexity index is 3430. The number of ether oxygens (including phenoxy) is 3. The molecule has 85 heavy (non-hydrogen) atoms. The van der Waals surface area contributed by atoms with Crippen LogP contribution < -0.4 is 48.5 Å². The fourth-order valence-corrected chi connectivity index (χ4v) is 11.1. The second-order valence-electron chi connectivity index (χ2n) is 22.0. The largest absolute Gasteiger partial charge is 0.458 e. The lowest BCUT2D eigenvalue weighted by molar-refractivity contribution is -0.172. The van der Waals surface area contributed by atoms with Crippen LogP contribution in [0.5, 0.6) is 0 Å². The minimum absolute atomic E-state index is 0.0171. The number of fused-ring (bicyclic) bond motifs is 5. The van der Waals surface area contributed by atoms with E-state index in [4.69, 9.17) is 24.9 Å². The summed E-state index contributed by atoms with van der Waals surface area (Å²) in [5.41, 5.74) is 7.10. The Hall–Kier alpha value is -8.85. The van der Waals surface area contributed by atoms with E-state index in [0.29, 0.717) is 62.9 Å². The van der Waals surface area contributed by atoms with E-state index in [2.05, 4.69) is 37.2 Å². The molecule has 27 heteroatoms. The van der Waals surface area contributed by atoms with E-state index in [-0.39, 0.29) is 94.8 Å². The number of amides is 10. The van der Waals surface area contributed by atoms with Gasteiger partial charge in [-0.25, -0.2) is 23.8 Å². The fraction of sp³-hybridized carbons (Fsp3) is 0.483. The van der Waals surface area contributed by atoms with Crippen molar-refractivity contribution in [3.05, 3.63) is 91.5 Å². The number of aryl methyl sites for hydroxylation is 1. The third-order valence-electron chi connectivity index (χ3n) is 15.8. The summed E-state index contributed by atoms with van der Waals surface area (Å²) in [5.74, 6) is -7.19. The predicted molar refractivity (Wildman–Crippen MR) is 301 cm³/mol. The summed E-state index contributed by atoms with van der Waals surface area (Å²) < 4.78 is 32.8. The molecule has 10 amide bonds. The zero-order valence-electron chi connectivity index (χ0n) is 48.0. The molecule has 0 bridgehead atoms. The van der Waals surface area contributed by atoms with Crippen molar-refractivity contribution in [2.45, 2.75) is 136 Å². The SMILES string of the molecule is CC[C@@]1(O)C(=O)OCc2c1cc1n(c2=O)Cc2c-1nc1cc(F)c(C)c3c1c2[C@@H](NC(=O)OCc1ccc(NC(=O)C(CCCNC(N)=O)NC(=O)[C@@H](NC(=O)[C@H](CCNC(=O)CCOC)NC(=O)CN2C(=O)CC(C)C2=O)C(C)C)cc1)CC3. The maximum absolute atomic E-state index is 15.5. The number of carbonyl (C=O) groups excluding carboxylic acids is 10. The molecular weight excluding hydrogens is 1110 g/mol. The number of rotatable bonds is 24. The number of primary amides is 1. The molecule has 0 saturated carbocycles. The number of urea groups is 1. The Labute approximate surface area is 487 Å². The Morgan fingerprint density at radius 3 is 2.32 bits per heavy atom. The number of nitrogens with two attached hydrogens (primary N) is 1. The van der Waals surface area contributed by atoms with Crippen LogP contribution in [0.1, 0.15) is 118 Å². The van der Waals surface area contributed by atoms with Crippen molar-refractivity contribution in [1.29, 1.82) is 0 Å². The van der Waals surface area contributed by atoms with Crippen molar-refractivity contribution in [2.75, 3.05) is 38.7 Å². The predicted octanol–water partition coefficient (Wildman–Crippen LogP) is 1.88. The van der Waals surface area contributed by atoms with Gasteiger partial charge in [0.2, 0.25) is 41.4 Å². The van der Waals surface area contributed by atoms with Gasteiger partial charge in [-0.1, -0.05) is 39.8 Å². The second kappa shape index (κ2) is 26.4. The number of alkyl carbamates (subject to hydrolysis) is 1. The van der Waals surface area contributed by atoms with Crippen LogP contribution in [0.15, 0.2) is 41.2 Å². The number of benzene rings is 2. The van der Waals surface area contributed by atoms with Gasteiger partial charge in [-0.3, -0.25) is 43.3 Å². The standard InChI is InChI=1S/C58H70FN11O15/c1-7-58(82)36-22-42-49-34(24-69(42)54(78)35(36)27-84-55(58)79)47-38(15-14-33-30(5)37(59)23-41(65-49)46(33)47)67-57(81)85-26-31-10-12-32(13-11-31)63-50(74)39(9-8-18-62-56(60)80)66-52(76)48(28(2)3)68-51(75)40(16-19-61-43(71)17-20-83-6)64-44(72)25-70-45(73)21-29(4)53(70)77/h10-13,22-23,28-29,38-40,48,82H,7-9,14-21,24-27H2,1-6H3,(H,61,71)(H,63,74)(H,64,72)(H,66,76)(H,67,81)(H,68,75)(H3,60,62,80)/t29?,38-,39?,40-,48-,58-/m0/s1. The quantitative estimate of drug-likeness (QED) is 0.0242. The number of nitrogens with one attached hydrogen (secondary N) is 7. The van der Waals surface area contributed by atoms with E-state index in [1.54, 1.807) is 65.0 Å². The van der Waals surface area contributed by atoms with Crippen molar-refractivity contribution in [1.82, 2.24) is 46.4 Å². The van der Waals surface area contributed by atoms with Gasteiger partial charge in [-0.15, -0.1) is 0 Å². The lowest BCUT2D eigenvalue weighted by atomic mass is 9.81. The smallest absolute Gasteiger partial charge is 0.407 e. The van der Waals surface area contributed by atoms with Crippen LogP contribution in [0.3, 0.4) is 0 Å². The first-order valence-corrected chi connectivity index (χ1v) is 28.1. The molecule has 454 valence electrons. The van der Waals surface area contributed by atoms with Crippen LogP contribution in [-0.4, -0.2) is 130 Å². The van der Waals surface area contributed by atoms with Crippen LogP contribution in [0.2, 0.25) is 0 Å². The van der Waals surface area contributed by atoms with Crippen LogP contribution in [0.25, 0.3) is 22.3 Å². The van der Waals surface area contributed by atoms with Crippen molar-refractivity contribution in [2.24, 2.45) is 17.6 Å². The highest BCUT2D eigenvalue weighted by molar-refractivity contribution is 6.06. The summed E-state index contributed by atoms with van der Waals surface area (Å²) in [5, 5.41) is 30.7. The topological polar surface area (TPSA) is 367 Å². The van der Waals surface area contributed by atoms with Crippen molar-refractivity contribution in [3.8, 4) is 11.4 Å². The molecule has 3 aliphatic heterocycles. The molecule has 1 aliphatic carbocycles. The summed E-state index contributed by atoms with van der Waals surface area (Å²) in [4.78, 5) is 150. The van der Waals surface area contributed by atoms with Crippen LogP contribution in [0.4, 0.5) is 19.7 Å². The summed E-state index contributed by atoms with van der Waals surface area (Å²) in [6, 6.07) is 3.76. The number of hydrogen-bond acceptors (Lipinski definition) is 16. The normalized spacial score (nSPS) is 18.5. The van der Waals surface area contributed by atoms with Gasteiger partial charge in [0.1, 0.15) is 43.7 Å². The van der Waals surface area contributed by atoms with Crippen molar-refractivity contribution < 1.29 is 71.7 Å². The summed E-state index contributed by atoms with van der Waals surface area (Å²) in [6.45, 7) is 7.01. The van der Waals surface area contributed by atoms with E-state index in [0.717, 1.165) is 4.90 Å². The van der Waals surface area contributed by atoms with E-state index in [1.165, 1.54) is 17.7 Å². The van der Waals surface area contributed by atoms with Gasteiger partial charge in [-0.05, 0) is 91.8 Å². The number of nitrogens with zero attached hydrogens (tertiary/aromatic N) is 3. The first kappa shape index (κ1) is 62.2. The molecule has 1 saturated heterocycles. The molecule has 26 nitrogen and oxygen atoms in total. The lowest BCUT2D eigenvalue weighted by Gasteiger charge is -2.31. The molecule has 5 heterocycles. The minimum atomic E-state index is -2.07. The van der Waals surface area contributed by atoms with E-state index in [1.807, 2.05) is 0 Å². The van der Waals surface area contributed by atoms with Gasteiger partial charge in [0, 0.05) is 67.2 Å². The number of aliphatic hydroxyl groups is 1. The Balaban J connectivity index is 0.927. The molecule has 2 aromatic heterocycles. The zero-order chi connectivity index (χ0) is 61.6. The molecule has 4 aliphatic rings. The van der Waals surface area contributed by atoms with Gasteiger partial charge in [0.25, 0.3) is 5.56 Å². The lowest BCUT2D eigenvalue weighted by Crippen LogP contribution is -2.58. The molecule has 0 radical (unpaired) electrons. The maximum atomic E-state index is 15.5. The average Bonchev–Trinajstić information content (AvgIpc) is 1.70. The molecule has 0 spiro atoms. The Kier molecular flexibility index (Phi) is 19.3. The van der Waals surface area contributed by atoms with Gasteiger partial charge >= 0.3 is 18.1 Å². The van der Waals surface area contributed by atoms with E-state index >= 15 is 4.39 Å². The van der Waals surface area contributed by atoms with Crippen LogP contribution in [-0.2, 0) is 84.3 Å². The molecule has 8 rings (SSSR count). The van der Waals surface area contributed by atoms with E-state index < -0.39 is 119 Å². The Morgan fingerprint density at radius 1 is 0.918 bits per heavy atom. The number of anilines is 1. The Morgan fingerprint density at radius 2 is 1.65 bits per heavy atom. The number of methoxy groups -OCH3 is 1. The third-order valence-corrected chi connectivity index (χ3v) is 15.8. The zero-order valence-corrected chi connectivity index (χ0v) is 48.0. The van der Waals surface area contributed by atoms with Crippen molar-refractivity contribution in [3.63, 3.8) is 0 Å². The molecule has 10 N–H and O–H groups in total. The fourth-order valence-electron chi connectivity index (χ4n) is 11.1. The van der Waals surface area contributed by atoms with Gasteiger partial charge < -0.3 is 66.8 Å². The van der Waals surface area contributed by atoms with Gasteiger partial charge in [0.15, 0.2) is 5.60 Å². The number of halogens is 1.